The molecule has 0 saturated heterocycles. The number of anilines is 2. The van der Waals surface area contributed by atoms with Crippen LogP contribution in [-0.2, 0) is 0 Å². The van der Waals surface area contributed by atoms with E-state index in [0.29, 0.717) is 11.5 Å². The number of hydrogen-bond donors (Lipinski definition) is 2. The zero-order valence-electron chi connectivity index (χ0n) is 11.7. The third kappa shape index (κ3) is 3.65. The summed E-state index contributed by atoms with van der Waals surface area (Å²) in [4.78, 5) is 20.1. The predicted octanol–water partition coefficient (Wildman–Crippen LogP) is 2.31. The Bertz CT molecular complexity index is 631. The van der Waals surface area contributed by atoms with Gasteiger partial charge in [-0.3, -0.25) is 4.79 Å². The van der Waals surface area contributed by atoms with Crippen molar-refractivity contribution in [3.8, 4) is 5.75 Å². The lowest BCUT2D eigenvalue weighted by molar-refractivity contribution is 0.102. The molecule has 7 heteroatoms. The molecule has 1 aromatic heterocycles. The van der Waals surface area contributed by atoms with Gasteiger partial charge in [-0.1, -0.05) is 0 Å². The highest BCUT2D eigenvalue weighted by molar-refractivity contribution is 6.02. The fraction of sp³-hybridized carbons (Fsp3) is 0.214. The summed E-state index contributed by atoms with van der Waals surface area (Å²) in [7, 11) is 1.36. The Balaban J connectivity index is 2.10. The van der Waals surface area contributed by atoms with Crippen molar-refractivity contribution in [2.75, 3.05) is 24.3 Å². The standard InChI is InChI=1S/C14H15FN4O2/c1-3-16-13-8-17-11(7-18-13)14(20)19-9-4-5-10(15)12(6-9)21-2/h4-8H,3H2,1-2H3,(H,16,18)(H,19,20). The summed E-state index contributed by atoms with van der Waals surface area (Å²) in [5.74, 6) is -0.275. The second-order valence-electron chi connectivity index (χ2n) is 4.12. The lowest BCUT2D eigenvalue weighted by Gasteiger charge is -2.08. The minimum Gasteiger partial charge on any atom is -0.494 e. The first-order valence-corrected chi connectivity index (χ1v) is 6.35. The molecule has 0 aliphatic rings. The molecule has 0 unspecified atom stereocenters. The van der Waals surface area contributed by atoms with Crippen molar-refractivity contribution in [2.24, 2.45) is 0 Å². The van der Waals surface area contributed by atoms with Gasteiger partial charge in [0.05, 0.1) is 19.5 Å². The molecule has 1 heterocycles. The van der Waals surface area contributed by atoms with Gasteiger partial charge in [0, 0.05) is 18.3 Å². The number of aromatic nitrogens is 2. The number of benzene rings is 1. The van der Waals surface area contributed by atoms with E-state index in [1.54, 1.807) is 0 Å². The lowest BCUT2D eigenvalue weighted by atomic mass is 10.2. The van der Waals surface area contributed by atoms with Crippen LogP contribution in [0.4, 0.5) is 15.9 Å². The molecule has 2 N–H and O–H groups in total. The van der Waals surface area contributed by atoms with E-state index in [1.807, 2.05) is 6.92 Å². The number of nitrogens with zero attached hydrogens (tertiary/aromatic N) is 2. The van der Waals surface area contributed by atoms with E-state index in [4.69, 9.17) is 4.74 Å². The second-order valence-corrected chi connectivity index (χ2v) is 4.12. The summed E-state index contributed by atoms with van der Waals surface area (Å²) in [5, 5.41) is 5.58. The fourth-order valence-corrected chi connectivity index (χ4v) is 1.65. The minimum absolute atomic E-state index is 0.0568. The molecule has 0 saturated carbocycles. The molecule has 0 bridgehead atoms. The molecule has 0 aliphatic heterocycles. The number of ether oxygens (including phenoxy) is 1. The zero-order chi connectivity index (χ0) is 15.2. The lowest BCUT2D eigenvalue weighted by Crippen LogP contribution is -2.14. The van der Waals surface area contributed by atoms with E-state index < -0.39 is 11.7 Å². The maximum atomic E-state index is 13.3. The van der Waals surface area contributed by atoms with Crippen LogP contribution in [-0.4, -0.2) is 29.5 Å². The topological polar surface area (TPSA) is 76.1 Å². The quantitative estimate of drug-likeness (QED) is 0.883. The van der Waals surface area contributed by atoms with Crippen molar-refractivity contribution < 1.29 is 13.9 Å². The molecule has 110 valence electrons. The first-order chi connectivity index (χ1) is 10.1. The van der Waals surface area contributed by atoms with E-state index >= 15 is 0 Å². The van der Waals surface area contributed by atoms with Crippen LogP contribution >= 0.6 is 0 Å². The number of carbonyl (C=O) groups excluding carboxylic acids is 1. The number of hydrogen-bond acceptors (Lipinski definition) is 5. The van der Waals surface area contributed by atoms with Crippen LogP contribution < -0.4 is 15.4 Å². The van der Waals surface area contributed by atoms with Gasteiger partial charge in [0.15, 0.2) is 11.6 Å². The van der Waals surface area contributed by atoms with E-state index in [1.165, 1.54) is 37.7 Å². The minimum atomic E-state index is -0.495. The maximum Gasteiger partial charge on any atom is 0.275 e. The average Bonchev–Trinajstić information content (AvgIpc) is 2.50. The monoisotopic (exact) mass is 290 g/mol. The highest BCUT2D eigenvalue weighted by atomic mass is 19.1. The molecule has 21 heavy (non-hydrogen) atoms. The molecule has 0 radical (unpaired) electrons. The SMILES string of the molecule is CCNc1cnc(C(=O)Nc2ccc(F)c(OC)c2)cn1. The molecule has 0 aliphatic carbocycles. The summed E-state index contributed by atoms with van der Waals surface area (Å²) >= 11 is 0. The van der Waals surface area contributed by atoms with Gasteiger partial charge in [0.1, 0.15) is 11.5 Å². The number of nitrogens with one attached hydrogen (secondary N) is 2. The molecule has 0 spiro atoms. The first-order valence-electron chi connectivity index (χ1n) is 6.35. The van der Waals surface area contributed by atoms with Gasteiger partial charge in [-0.25, -0.2) is 14.4 Å². The Labute approximate surface area is 121 Å². The van der Waals surface area contributed by atoms with Crippen LogP contribution in [0.1, 0.15) is 17.4 Å². The molecule has 0 fully saturated rings. The van der Waals surface area contributed by atoms with Crippen molar-refractivity contribution in [3.05, 3.63) is 42.1 Å². The number of rotatable bonds is 5. The van der Waals surface area contributed by atoms with Crippen molar-refractivity contribution in [3.63, 3.8) is 0 Å². The van der Waals surface area contributed by atoms with Crippen LogP contribution in [0, 0.1) is 5.82 Å². The van der Waals surface area contributed by atoms with E-state index in [2.05, 4.69) is 20.6 Å². The third-order valence-electron chi connectivity index (χ3n) is 2.65. The van der Waals surface area contributed by atoms with E-state index in [9.17, 15) is 9.18 Å². The molecule has 1 amide bonds. The Hall–Kier alpha value is -2.70. The molecule has 6 nitrogen and oxygen atoms in total. The fourth-order valence-electron chi connectivity index (χ4n) is 1.65. The molecule has 0 atom stereocenters. The number of amides is 1. The number of methoxy groups -OCH3 is 1. The van der Waals surface area contributed by atoms with Crippen molar-refractivity contribution in [1.82, 2.24) is 9.97 Å². The van der Waals surface area contributed by atoms with Crippen LogP contribution in [0.5, 0.6) is 5.75 Å². The van der Waals surface area contributed by atoms with Crippen LogP contribution in [0.3, 0.4) is 0 Å². The molecular weight excluding hydrogens is 275 g/mol. The van der Waals surface area contributed by atoms with E-state index in [0.717, 1.165) is 6.54 Å². The van der Waals surface area contributed by atoms with Crippen LogP contribution in [0.25, 0.3) is 0 Å². The Morgan fingerprint density at radius 3 is 2.76 bits per heavy atom. The Morgan fingerprint density at radius 1 is 1.33 bits per heavy atom. The zero-order valence-corrected chi connectivity index (χ0v) is 11.7. The first kappa shape index (κ1) is 14.7. The van der Waals surface area contributed by atoms with Gasteiger partial charge in [-0.15, -0.1) is 0 Å². The van der Waals surface area contributed by atoms with Gasteiger partial charge >= 0.3 is 0 Å². The second kappa shape index (κ2) is 6.65. The predicted molar refractivity (Wildman–Crippen MR) is 77.1 cm³/mol. The summed E-state index contributed by atoms with van der Waals surface area (Å²) in [6.45, 7) is 2.65. The van der Waals surface area contributed by atoms with Gasteiger partial charge in [0.2, 0.25) is 0 Å². The van der Waals surface area contributed by atoms with Crippen LogP contribution in [0.15, 0.2) is 30.6 Å². The van der Waals surface area contributed by atoms with Crippen LogP contribution in [0.2, 0.25) is 0 Å². The van der Waals surface area contributed by atoms with Crippen molar-refractivity contribution in [2.45, 2.75) is 6.92 Å². The largest absolute Gasteiger partial charge is 0.494 e. The third-order valence-corrected chi connectivity index (χ3v) is 2.65. The summed E-state index contributed by atoms with van der Waals surface area (Å²) in [6.07, 6.45) is 2.84. The smallest absolute Gasteiger partial charge is 0.275 e. The highest BCUT2D eigenvalue weighted by Crippen LogP contribution is 2.21. The van der Waals surface area contributed by atoms with E-state index in [-0.39, 0.29) is 11.4 Å². The average molecular weight is 290 g/mol. The summed E-state index contributed by atoms with van der Waals surface area (Å²) < 4.78 is 18.1. The molecule has 1 aromatic carbocycles. The molecule has 2 rings (SSSR count). The van der Waals surface area contributed by atoms with Gasteiger partial charge in [-0.2, -0.15) is 0 Å². The normalized spacial score (nSPS) is 10.0. The van der Waals surface area contributed by atoms with Gasteiger partial charge in [-0.05, 0) is 19.1 Å². The van der Waals surface area contributed by atoms with Crippen molar-refractivity contribution in [1.29, 1.82) is 0 Å². The molecule has 2 aromatic rings. The summed E-state index contributed by atoms with van der Waals surface area (Å²) in [5.41, 5.74) is 0.579. The number of halogens is 1. The molecular formula is C14H15FN4O2. The van der Waals surface area contributed by atoms with Gasteiger partial charge < -0.3 is 15.4 Å². The maximum absolute atomic E-state index is 13.3. The Morgan fingerprint density at radius 2 is 2.14 bits per heavy atom. The number of carbonyl (C=O) groups is 1. The van der Waals surface area contributed by atoms with Crippen molar-refractivity contribution >= 4 is 17.4 Å². The van der Waals surface area contributed by atoms with Gasteiger partial charge in [0.25, 0.3) is 5.91 Å². The summed E-state index contributed by atoms with van der Waals surface area (Å²) in [6, 6.07) is 4.05. The highest BCUT2D eigenvalue weighted by Gasteiger charge is 2.10. The Kier molecular flexibility index (Phi) is 4.65.